The summed E-state index contributed by atoms with van der Waals surface area (Å²) in [4.78, 5) is 8.93. The Balaban J connectivity index is 1.99. The molecule has 0 fully saturated rings. The standard InChI is InChI=1S/C15H12ClN5/c1-20-8-18-11-7-9(4-5-12(11)20)13-14(17)21-6-2-3-10(16)15(21)19-13/h2-8H,17H2,1H3. The summed E-state index contributed by atoms with van der Waals surface area (Å²) in [6, 6.07) is 9.65. The van der Waals surface area contributed by atoms with Gasteiger partial charge in [-0.05, 0) is 24.3 Å². The van der Waals surface area contributed by atoms with Gasteiger partial charge in [0.05, 0.1) is 22.4 Å². The van der Waals surface area contributed by atoms with Gasteiger partial charge in [-0.1, -0.05) is 17.7 Å². The predicted octanol–water partition coefficient (Wildman–Crippen LogP) is 3.12. The maximum atomic E-state index is 6.21. The zero-order chi connectivity index (χ0) is 14.6. The van der Waals surface area contributed by atoms with E-state index in [0.29, 0.717) is 16.5 Å². The van der Waals surface area contributed by atoms with Crippen LogP contribution in [0.15, 0.2) is 42.9 Å². The van der Waals surface area contributed by atoms with Crippen molar-refractivity contribution in [3.8, 4) is 11.3 Å². The molecule has 0 spiro atoms. The van der Waals surface area contributed by atoms with Gasteiger partial charge >= 0.3 is 0 Å². The minimum atomic E-state index is 0.572. The molecule has 0 saturated carbocycles. The number of pyridine rings is 1. The van der Waals surface area contributed by atoms with Gasteiger partial charge in [-0.2, -0.15) is 0 Å². The highest BCUT2D eigenvalue weighted by molar-refractivity contribution is 6.33. The molecule has 0 unspecified atom stereocenters. The third-order valence-electron chi connectivity index (χ3n) is 3.64. The molecule has 3 heterocycles. The first-order valence-electron chi connectivity index (χ1n) is 6.48. The number of fused-ring (bicyclic) bond motifs is 2. The Labute approximate surface area is 125 Å². The Morgan fingerprint density at radius 2 is 2.10 bits per heavy atom. The van der Waals surface area contributed by atoms with E-state index in [2.05, 4.69) is 9.97 Å². The van der Waals surface area contributed by atoms with Crippen LogP contribution in [0.4, 0.5) is 5.82 Å². The van der Waals surface area contributed by atoms with E-state index >= 15 is 0 Å². The number of hydrogen-bond donors (Lipinski definition) is 1. The molecule has 0 aliphatic carbocycles. The lowest BCUT2D eigenvalue weighted by molar-refractivity contribution is 0.948. The van der Waals surface area contributed by atoms with Gasteiger partial charge in [0.15, 0.2) is 5.65 Å². The van der Waals surface area contributed by atoms with Gasteiger partial charge in [-0.3, -0.25) is 4.40 Å². The topological polar surface area (TPSA) is 61.1 Å². The Morgan fingerprint density at radius 1 is 1.24 bits per heavy atom. The van der Waals surface area contributed by atoms with E-state index in [1.807, 2.05) is 42.1 Å². The molecule has 4 aromatic rings. The zero-order valence-corrected chi connectivity index (χ0v) is 12.0. The van der Waals surface area contributed by atoms with Crippen LogP contribution in [0.2, 0.25) is 5.02 Å². The summed E-state index contributed by atoms with van der Waals surface area (Å²) in [5.41, 5.74) is 10.5. The van der Waals surface area contributed by atoms with Crippen LogP contribution in [0.5, 0.6) is 0 Å². The molecular formula is C15H12ClN5. The summed E-state index contributed by atoms with van der Waals surface area (Å²) in [7, 11) is 1.97. The molecule has 4 rings (SSSR count). The maximum absolute atomic E-state index is 6.21. The molecule has 21 heavy (non-hydrogen) atoms. The summed E-state index contributed by atoms with van der Waals surface area (Å²) in [5, 5.41) is 0.578. The molecule has 0 amide bonds. The SMILES string of the molecule is Cn1cnc2cc(-c3nc4c(Cl)cccn4c3N)ccc21. The molecule has 5 nitrogen and oxygen atoms in total. The van der Waals surface area contributed by atoms with Crippen LogP contribution in [0.25, 0.3) is 27.9 Å². The quantitative estimate of drug-likeness (QED) is 0.587. The van der Waals surface area contributed by atoms with Gasteiger partial charge in [-0.25, -0.2) is 9.97 Å². The molecule has 0 bridgehead atoms. The van der Waals surface area contributed by atoms with Crippen LogP contribution in [0, 0.1) is 0 Å². The molecule has 0 saturated heterocycles. The number of rotatable bonds is 1. The van der Waals surface area contributed by atoms with E-state index in [-0.39, 0.29) is 0 Å². The summed E-state index contributed by atoms with van der Waals surface area (Å²) >= 11 is 6.17. The molecule has 6 heteroatoms. The highest BCUT2D eigenvalue weighted by Gasteiger charge is 2.14. The fraction of sp³-hybridized carbons (Fsp3) is 0.0667. The van der Waals surface area contributed by atoms with Crippen LogP contribution in [0.3, 0.4) is 0 Å². The lowest BCUT2D eigenvalue weighted by Crippen LogP contribution is -1.93. The second-order valence-electron chi connectivity index (χ2n) is 4.95. The van der Waals surface area contributed by atoms with Crippen molar-refractivity contribution in [2.24, 2.45) is 7.05 Å². The number of anilines is 1. The van der Waals surface area contributed by atoms with Crippen LogP contribution >= 0.6 is 11.6 Å². The molecule has 0 radical (unpaired) electrons. The number of nitrogen functional groups attached to an aromatic ring is 1. The Hall–Kier alpha value is -2.53. The molecule has 3 aromatic heterocycles. The number of benzene rings is 1. The monoisotopic (exact) mass is 297 g/mol. The van der Waals surface area contributed by atoms with E-state index in [9.17, 15) is 0 Å². The highest BCUT2D eigenvalue weighted by Crippen LogP contribution is 2.30. The lowest BCUT2D eigenvalue weighted by Gasteiger charge is -2.00. The third-order valence-corrected chi connectivity index (χ3v) is 3.93. The van der Waals surface area contributed by atoms with E-state index in [1.54, 1.807) is 16.8 Å². The maximum Gasteiger partial charge on any atom is 0.157 e. The zero-order valence-electron chi connectivity index (χ0n) is 11.3. The predicted molar refractivity (Wildman–Crippen MR) is 84.3 cm³/mol. The average molecular weight is 298 g/mol. The van der Waals surface area contributed by atoms with Crippen LogP contribution < -0.4 is 5.73 Å². The van der Waals surface area contributed by atoms with Crippen LogP contribution in [0.1, 0.15) is 0 Å². The fourth-order valence-corrected chi connectivity index (χ4v) is 2.75. The van der Waals surface area contributed by atoms with Gasteiger partial charge in [0.1, 0.15) is 11.5 Å². The molecule has 104 valence electrons. The van der Waals surface area contributed by atoms with Crippen molar-refractivity contribution in [3.05, 3.63) is 47.9 Å². The minimum absolute atomic E-state index is 0.572. The molecule has 0 aliphatic heterocycles. The highest BCUT2D eigenvalue weighted by atomic mass is 35.5. The van der Waals surface area contributed by atoms with Crippen molar-refractivity contribution in [2.75, 3.05) is 5.73 Å². The minimum Gasteiger partial charge on any atom is -0.383 e. The normalized spacial score (nSPS) is 11.5. The summed E-state index contributed by atoms with van der Waals surface area (Å²) in [6.07, 6.45) is 3.64. The molecule has 0 atom stereocenters. The summed E-state index contributed by atoms with van der Waals surface area (Å²) in [5.74, 6) is 0.572. The number of aromatic nitrogens is 4. The molecule has 2 N–H and O–H groups in total. The second-order valence-corrected chi connectivity index (χ2v) is 5.36. The number of halogens is 1. The van der Waals surface area contributed by atoms with Crippen LogP contribution in [-0.2, 0) is 7.05 Å². The molecule has 0 aliphatic rings. The lowest BCUT2D eigenvalue weighted by atomic mass is 10.1. The van der Waals surface area contributed by atoms with Crippen molar-refractivity contribution in [2.45, 2.75) is 0 Å². The van der Waals surface area contributed by atoms with Gasteiger partial charge in [-0.15, -0.1) is 0 Å². The van der Waals surface area contributed by atoms with Crippen molar-refractivity contribution in [1.29, 1.82) is 0 Å². The Morgan fingerprint density at radius 3 is 2.90 bits per heavy atom. The van der Waals surface area contributed by atoms with Crippen molar-refractivity contribution < 1.29 is 0 Å². The first kappa shape index (κ1) is 12.2. The van der Waals surface area contributed by atoms with E-state index in [0.717, 1.165) is 22.3 Å². The summed E-state index contributed by atoms with van der Waals surface area (Å²) < 4.78 is 3.77. The molecular weight excluding hydrogens is 286 g/mol. The first-order valence-corrected chi connectivity index (χ1v) is 6.86. The second kappa shape index (κ2) is 4.23. The van der Waals surface area contributed by atoms with Crippen molar-refractivity contribution >= 4 is 34.1 Å². The molecule has 1 aromatic carbocycles. The summed E-state index contributed by atoms with van der Waals surface area (Å²) in [6.45, 7) is 0. The average Bonchev–Trinajstić information content (AvgIpc) is 3.02. The third kappa shape index (κ3) is 1.71. The van der Waals surface area contributed by atoms with Crippen LogP contribution in [-0.4, -0.2) is 18.9 Å². The van der Waals surface area contributed by atoms with Crippen molar-refractivity contribution in [1.82, 2.24) is 18.9 Å². The van der Waals surface area contributed by atoms with Gasteiger partial charge in [0, 0.05) is 18.8 Å². The number of imidazole rings is 2. The smallest absolute Gasteiger partial charge is 0.157 e. The van der Waals surface area contributed by atoms with E-state index < -0.39 is 0 Å². The van der Waals surface area contributed by atoms with Crippen molar-refractivity contribution in [3.63, 3.8) is 0 Å². The number of nitrogens with two attached hydrogens (primary N) is 1. The number of aryl methyl sites for hydroxylation is 1. The number of nitrogens with zero attached hydrogens (tertiary/aromatic N) is 4. The van der Waals surface area contributed by atoms with Gasteiger partial charge in [0.2, 0.25) is 0 Å². The first-order chi connectivity index (χ1) is 10.1. The fourth-order valence-electron chi connectivity index (χ4n) is 2.55. The Bertz CT molecular complexity index is 982. The van der Waals surface area contributed by atoms with Gasteiger partial charge in [0.25, 0.3) is 0 Å². The number of hydrogen-bond acceptors (Lipinski definition) is 3. The van der Waals surface area contributed by atoms with Gasteiger partial charge < -0.3 is 10.3 Å². The van der Waals surface area contributed by atoms with E-state index in [1.165, 1.54) is 0 Å². The van der Waals surface area contributed by atoms with E-state index in [4.69, 9.17) is 17.3 Å². The largest absolute Gasteiger partial charge is 0.383 e. The Kier molecular flexibility index (Phi) is 2.46.